The maximum Gasteiger partial charge on any atom is 0.175 e. The summed E-state index contributed by atoms with van der Waals surface area (Å²) in [4.78, 5) is 2.34. The van der Waals surface area contributed by atoms with Gasteiger partial charge in [-0.3, -0.25) is 4.90 Å². The van der Waals surface area contributed by atoms with Crippen LogP contribution in [0.4, 0.5) is 4.39 Å². The lowest BCUT2D eigenvalue weighted by Gasteiger charge is -2.26. The molecule has 0 saturated carbocycles. The smallest absolute Gasteiger partial charge is 0.175 e. The van der Waals surface area contributed by atoms with Crippen molar-refractivity contribution >= 4 is 11.0 Å². The molecule has 150 valence electrons. The molecule has 1 aromatic heterocycles. The van der Waals surface area contributed by atoms with E-state index in [0.29, 0.717) is 41.6 Å². The molecule has 1 heterocycles. The summed E-state index contributed by atoms with van der Waals surface area (Å²) >= 11 is 0. The highest BCUT2D eigenvalue weighted by atomic mass is 19.1. The van der Waals surface area contributed by atoms with Crippen LogP contribution < -0.4 is 0 Å². The number of hydrogen-bond acceptors (Lipinski definition) is 4. The van der Waals surface area contributed by atoms with Gasteiger partial charge >= 0.3 is 0 Å². The lowest BCUT2D eigenvalue weighted by Crippen LogP contribution is -2.31. The van der Waals surface area contributed by atoms with Crippen LogP contribution in [0, 0.1) is 17.7 Å². The van der Waals surface area contributed by atoms with Gasteiger partial charge in [0.05, 0.1) is 11.3 Å². The normalized spacial score (nSPS) is 12.0. The summed E-state index contributed by atoms with van der Waals surface area (Å²) < 4.78 is 19.7. The first-order chi connectivity index (χ1) is 13.3. The molecule has 0 bridgehead atoms. The highest BCUT2D eigenvalue weighted by molar-refractivity contribution is 5.84. The first-order valence-electron chi connectivity index (χ1n) is 9.90. The minimum atomic E-state index is -0.252. The third-order valence-corrected chi connectivity index (χ3v) is 4.74. The average molecular weight is 384 g/mol. The fraction of sp³-hybridized carbons (Fsp3) is 0.435. The summed E-state index contributed by atoms with van der Waals surface area (Å²) in [5.74, 6) is 0.995. The highest BCUT2D eigenvalue weighted by Gasteiger charge is 2.20. The van der Waals surface area contributed by atoms with Gasteiger partial charge < -0.3 is 9.63 Å². The summed E-state index contributed by atoms with van der Waals surface area (Å²) in [6.45, 7) is 11.2. The Morgan fingerprint density at radius 2 is 1.71 bits per heavy atom. The van der Waals surface area contributed by atoms with Crippen LogP contribution in [0.2, 0.25) is 0 Å². The van der Waals surface area contributed by atoms with Crippen molar-refractivity contribution in [1.82, 2.24) is 10.1 Å². The summed E-state index contributed by atoms with van der Waals surface area (Å²) in [5.41, 5.74) is 2.59. The number of phenolic OH excluding ortho intramolecular Hbond substituents is 1. The van der Waals surface area contributed by atoms with Crippen molar-refractivity contribution in [3.8, 4) is 5.75 Å². The van der Waals surface area contributed by atoms with E-state index in [-0.39, 0.29) is 11.6 Å². The van der Waals surface area contributed by atoms with Gasteiger partial charge in [-0.25, -0.2) is 4.39 Å². The molecule has 0 aliphatic rings. The molecule has 3 rings (SSSR count). The number of fused-ring (bicyclic) bond motifs is 1. The number of rotatable bonds is 8. The van der Waals surface area contributed by atoms with Crippen LogP contribution in [0.3, 0.4) is 0 Å². The standard InChI is InChI=1S/C23H29FN2O2/c1-15(2)12-26(13-16(3)4)14-19-22(27)10-9-18-21(25-28-23(18)19)11-17-7-5-6-8-20(17)24/h5-10,15-16,27H,11-14H2,1-4H3. The second-order valence-electron chi connectivity index (χ2n) is 8.32. The lowest BCUT2D eigenvalue weighted by atomic mass is 10.0. The largest absolute Gasteiger partial charge is 0.507 e. The predicted octanol–water partition coefficient (Wildman–Crippen LogP) is 5.38. The number of aromatic nitrogens is 1. The van der Waals surface area contributed by atoms with Crippen molar-refractivity contribution in [2.24, 2.45) is 11.8 Å². The van der Waals surface area contributed by atoms with Gasteiger partial charge in [-0.15, -0.1) is 0 Å². The molecule has 28 heavy (non-hydrogen) atoms. The first kappa shape index (κ1) is 20.3. The molecule has 0 saturated heterocycles. The Hall–Kier alpha value is -2.40. The van der Waals surface area contributed by atoms with E-state index in [1.165, 1.54) is 6.07 Å². The molecule has 0 aliphatic heterocycles. The van der Waals surface area contributed by atoms with Crippen molar-refractivity contribution in [3.05, 3.63) is 59.0 Å². The third kappa shape index (κ3) is 4.71. The summed E-state index contributed by atoms with van der Waals surface area (Å²) in [7, 11) is 0. The van der Waals surface area contributed by atoms with Gasteiger partial charge in [-0.05, 0) is 35.6 Å². The minimum absolute atomic E-state index is 0.207. The highest BCUT2D eigenvalue weighted by Crippen LogP contribution is 2.32. The van der Waals surface area contributed by atoms with Gasteiger partial charge in [0.25, 0.3) is 0 Å². The zero-order chi connectivity index (χ0) is 20.3. The van der Waals surface area contributed by atoms with Gasteiger partial charge in [-0.2, -0.15) is 0 Å². The SMILES string of the molecule is CC(C)CN(Cc1c(O)ccc2c(Cc3ccccc3F)noc12)CC(C)C. The van der Waals surface area contributed by atoms with Gasteiger partial charge in [0.1, 0.15) is 11.6 Å². The van der Waals surface area contributed by atoms with E-state index in [2.05, 4.69) is 37.8 Å². The molecular formula is C23H29FN2O2. The van der Waals surface area contributed by atoms with Crippen LogP contribution in [0.25, 0.3) is 11.0 Å². The molecule has 0 unspecified atom stereocenters. The van der Waals surface area contributed by atoms with Crippen molar-refractivity contribution < 1.29 is 14.0 Å². The van der Waals surface area contributed by atoms with E-state index in [4.69, 9.17) is 4.52 Å². The fourth-order valence-electron chi connectivity index (χ4n) is 3.66. The van der Waals surface area contributed by atoms with Crippen molar-refractivity contribution in [3.63, 3.8) is 0 Å². The second kappa shape index (κ2) is 8.74. The van der Waals surface area contributed by atoms with Crippen molar-refractivity contribution in [1.29, 1.82) is 0 Å². The Bertz CT molecular complexity index is 923. The van der Waals surface area contributed by atoms with Gasteiger partial charge in [0, 0.05) is 31.4 Å². The molecule has 0 atom stereocenters. The number of benzene rings is 2. The quantitative estimate of drug-likeness (QED) is 0.567. The topological polar surface area (TPSA) is 49.5 Å². The zero-order valence-electron chi connectivity index (χ0n) is 17.1. The molecule has 2 aromatic carbocycles. The fourth-order valence-corrected chi connectivity index (χ4v) is 3.66. The summed E-state index contributed by atoms with van der Waals surface area (Å²) in [5, 5.41) is 15.5. The van der Waals surface area contributed by atoms with E-state index in [1.807, 2.05) is 6.07 Å². The Morgan fingerprint density at radius 1 is 1.04 bits per heavy atom. The number of hydrogen-bond donors (Lipinski definition) is 1. The molecule has 5 heteroatoms. The van der Waals surface area contributed by atoms with E-state index < -0.39 is 0 Å². The Balaban J connectivity index is 1.93. The van der Waals surface area contributed by atoms with E-state index in [1.54, 1.807) is 24.3 Å². The van der Waals surface area contributed by atoms with Gasteiger partial charge in [0.15, 0.2) is 5.58 Å². The molecular weight excluding hydrogens is 355 g/mol. The molecule has 4 nitrogen and oxygen atoms in total. The number of phenols is 1. The van der Waals surface area contributed by atoms with E-state index in [9.17, 15) is 9.50 Å². The molecule has 3 aromatic rings. The van der Waals surface area contributed by atoms with Crippen LogP contribution in [0.15, 0.2) is 40.9 Å². The van der Waals surface area contributed by atoms with Crippen molar-refractivity contribution in [2.75, 3.05) is 13.1 Å². The summed E-state index contributed by atoms with van der Waals surface area (Å²) in [6.07, 6.45) is 0.353. The Kier molecular flexibility index (Phi) is 6.35. The maximum atomic E-state index is 14.0. The zero-order valence-corrected chi connectivity index (χ0v) is 17.1. The average Bonchev–Trinajstić information content (AvgIpc) is 3.01. The van der Waals surface area contributed by atoms with Gasteiger partial charge in [0.2, 0.25) is 0 Å². The van der Waals surface area contributed by atoms with Crippen LogP contribution >= 0.6 is 0 Å². The third-order valence-electron chi connectivity index (χ3n) is 4.74. The number of nitrogens with zero attached hydrogens (tertiary/aromatic N) is 2. The molecule has 1 N–H and O–H groups in total. The first-order valence-corrected chi connectivity index (χ1v) is 9.90. The maximum absolute atomic E-state index is 14.0. The van der Waals surface area contributed by atoms with Crippen molar-refractivity contribution in [2.45, 2.75) is 40.7 Å². The monoisotopic (exact) mass is 384 g/mol. The number of aromatic hydroxyl groups is 1. The van der Waals surface area contributed by atoms with Crippen LogP contribution in [-0.2, 0) is 13.0 Å². The molecule has 0 aliphatic carbocycles. The minimum Gasteiger partial charge on any atom is -0.507 e. The lowest BCUT2D eigenvalue weighted by molar-refractivity contribution is 0.209. The summed E-state index contributed by atoms with van der Waals surface area (Å²) in [6, 6.07) is 10.2. The predicted molar refractivity (Wildman–Crippen MR) is 110 cm³/mol. The molecule has 0 fully saturated rings. The van der Waals surface area contributed by atoms with Crippen LogP contribution in [0.5, 0.6) is 5.75 Å². The Labute approximate surface area is 166 Å². The van der Waals surface area contributed by atoms with Crippen LogP contribution in [-0.4, -0.2) is 28.3 Å². The molecule has 0 spiro atoms. The number of halogens is 1. The van der Waals surface area contributed by atoms with E-state index >= 15 is 0 Å². The van der Waals surface area contributed by atoms with Gasteiger partial charge in [-0.1, -0.05) is 51.1 Å². The van der Waals surface area contributed by atoms with E-state index in [0.717, 1.165) is 24.0 Å². The Morgan fingerprint density at radius 3 is 2.36 bits per heavy atom. The molecule has 0 amide bonds. The molecule has 0 radical (unpaired) electrons. The second-order valence-corrected chi connectivity index (χ2v) is 8.32. The van der Waals surface area contributed by atoms with Crippen LogP contribution in [0.1, 0.15) is 44.5 Å².